The van der Waals surface area contributed by atoms with E-state index in [1.165, 1.54) is 14.0 Å². The molecule has 4 nitrogen and oxygen atoms in total. The Balaban J connectivity index is 2.55. The van der Waals surface area contributed by atoms with E-state index >= 15 is 0 Å². The predicted octanol–water partition coefficient (Wildman–Crippen LogP) is -0.982. The SMILES string of the molecule is COC1(O)OC1(C)O. The summed E-state index contributed by atoms with van der Waals surface area (Å²) < 4.78 is 8.68. The van der Waals surface area contributed by atoms with E-state index in [-0.39, 0.29) is 0 Å². The fourth-order valence-corrected chi connectivity index (χ4v) is 0.475. The summed E-state index contributed by atoms with van der Waals surface area (Å²) >= 11 is 0. The predicted molar refractivity (Wildman–Crippen MR) is 23.7 cm³/mol. The molecule has 1 saturated heterocycles. The molecule has 0 aromatic rings. The Morgan fingerprint density at radius 3 is 1.88 bits per heavy atom. The van der Waals surface area contributed by atoms with Gasteiger partial charge in [-0.1, -0.05) is 0 Å². The van der Waals surface area contributed by atoms with E-state index in [0.29, 0.717) is 0 Å². The van der Waals surface area contributed by atoms with Crippen molar-refractivity contribution in [3.63, 3.8) is 0 Å². The monoisotopic (exact) mass is 120 g/mol. The zero-order chi connectivity index (χ0) is 6.41. The number of rotatable bonds is 1. The molecule has 1 rings (SSSR count). The van der Waals surface area contributed by atoms with Crippen LogP contribution in [0.25, 0.3) is 0 Å². The average Bonchev–Trinajstić information content (AvgIpc) is 2.10. The average molecular weight is 120 g/mol. The van der Waals surface area contributed by atoms with Crippen molar-refractivity contribution in [2.45, 2.75) is 18.7 Å². The Labute approximate surface area is 46.6 Å². The van der Waals surface area contributed by atoms with Crippen LogP contribution < -0.4 is 0 Å². The molecule has 2 atom stereocenters. The molecule has 0 aromatic carbocycles. The smallest absolute Gasteiger partial charge is 0.340 e. The zero-order valence-corrected chi connectivity index (χ0v) is 4.71. The number of ether oxygens (including phenoxy) is 2. The molecule has 0 spiro atoms. The molecular weight excluding hydrogens is 112 g/mol. The van der Waals surface area contributed by atoms with Crippen LogP contribution in [0.15, 0.2) is 0 Å². The molecule has 1 aliphatic rings. The maximum absolute atomic E-state index is 8.77. The second-order valence-corrected chi connectivity index (χ2v) is 1.87. The molecule has 0 saturated carbocycles. The molecule has 0 amide bonds. The van der Waals surface area contributed by atoms with Gasteiger partial charge in [-0.2, -0.15) is 0 Å². The van der Waals surface area contributed by atoms with Crippen molar-refractivity contribution in [3.8, 4) is 0 Å². The Morgan fingerprint density at radius 2 is 1.88 bits per heavy atom. The van der Waals surface area contributed by atoms with E-state index in [9.17, 15) is 0 Å². The van der Waals surface area contributed by atoms with Crippen molar-refractivity contribution in [3.05, 3.63) is 0 Å². The lowest BCUT2D eigenvalue weighted by Gasteiger charge is -2.00. The number of methoxy groups -OCH3 is 1. The molecule has 0 radical (unpaired) electrons. The minimum Gasteiger partial charge on any atom is -0.359 e. The van der Waals surface area contributed by atoms with Crippen LogP contribution in [0, 0.1) is 0 Å². The summed E-state index contributed by atoms with van der Waals surface area (Å²) in [7, 11) is 1.25. The quantitative estimate of drug-likeness (QED) is 0.345. The first kappa shape index (κ1) is 5.97. The van der Waals surface area contributed by atoms with Crippen LogP contribution >= 0.6 is 0 Å². The lowest BCUT2D eigenvalue weighted by molar-refractivity contribution is -0.183. The molecule has 0 bridgehead atoms. The second-order valence-electron chi connectivity index (χ2n) is 1.87. The van der Waals surface area contributed by atoms with Crippen molar-refractivity contribution >= 4 is 0 Å². The van der Waals surface area contributed by atoms with Crippen LogP contribution in [0.2, 0.25) is 0 Å². The van der Waals surface area contributed by atoms with Crippen molar-refractivity contribution < 1.29 is 19.7 Å². The van der Waals surface area contributed by atoms with Gasteiger partial charge >= 0.3 is 5.97 Å². The van der Waals surface area contributed by atoms with Gasteiger partial charge in [0.2, 0.25) is 0 Å². The fourth-order valence-electron chi connectivity index (χ4n) is 0.475. The highest BCUT2D eigenvalue weighted by Crippen LogP contribution is 2.43. The van der Waals surface area contributed by atoms with Crippen LogP contribution in [0.5, 0.6) is 0 Å². The Hall–Kier alpha value is -0.160. The third-order valence-corrected chi connectivity index (χ3v) is 1.16. The van der Waals surface area contributed by atoms with E-state index in [2.05, 4.69) is 9.47 Å². The first-order valence-corrected chi connectivity index (χ1v) is 2.22. The summed E-state index contributed by atoms with van der Waals surface area (Å²) in [4.78, 5) is 0. The molecule has 48 valence electrons. The zero-order valence-electron chi connectivity index (χ0n) is 4.71. The summed E-state index contributed by atoms with van der Waals surface area (Å²) in [6.45, 7) is 1.32. The fraction of sp³-hybridized carbons (Fsp3) is 1.00. The highest BCUT2D eigenvalue weighted by molar-refractivity contribution is 4.87. The molecule has 1 fully saturated rings. The van der Waals surface area contributed by atoms with Gasteiger partial charge in [0.25, 0.3) is 5.79 Å². The van der Waals surface area contributed by atoms with Crippen LogP contribution in [0.3, 0.4) is 0 Å². The van der Waals surface area contributed by atoms with Crippen LogP contribution in [-0.2, 0) is 9.47 Å². The minimum absolute atomic E-state index is 1.25. The Morgan fingerprint density at radius 1 is 1.50 bits per heavy atom. The molecule has 1 heterocycles. The molecule has 1 aliphatic heterocycles. The summed E-state index contributed by atoms with van der Waals surface area (Å²) in [5, 5.41) is 17.5. The lowest BCUT2D eigenvalue weighted by Crippen LogP contribution is -2.23. The standard InChI is InChI=1S/C4H8O4/c1-3(5)4(6,7-2)8-3/h5-6H,1-2H3. The van der Waals surface area contributed by atoms with Gasteiger partial charge in [0.05, 0.1) is 0 Å². The van der Waals surface area contributed by atoms with Crippen molar-refractivity contribution in [1.82, 2.24) is 0 Å². The summed E-state index contributed by atoms with van der Waals surface area (Å²) in [6.07, 6.45) is 0. The maximum Gasteiger partial charge on any atom is 0.340 e. The summed E-state index contributed by atoms with van der Waals surface area (Å²) in [5.41, 5.74) is 0. The van der Waals surface area contributed by atoms with E-state index < -0.39 is 11.8 Å². The van der Waals surface area contributed by atoms with Crippen LogP contribution in [0.1, 0.15) is 6.92 Å². The molecular formula is C4H8O4. The number of hydrogen-bond acceptors (Lipinski definition) is 4. The maximum atomic E-state index is 8.77. The summed E-state index contributed by atoms with van der Waals surface area (Å²) in [5.74, 6) is -3.27. The molecule has 4 heteroatoms. The lowest BCUT2D eigenvalue weighted by atomic mass is 10.4. The topological polar surface area (TPSA) is 62.2 Å². The largest absolute Gasteiger partial charge is 0.359 e. The van der Waals surface area contributed by atoms with Crippen molar-refractivity contribution in [2.24, 2.45) is 0 Å². The molecule has 0 aliphatic carbocycles. The van der Waals surface area contributed by atoms with Crippen molar-refractivity contribution in [1.29, 1.82) is 0 Å². The molecule has 2 unspecified atom stereocenters. The molecule has 2 N–H and O–H groups in total. The van der Waals surface area contributed by atoms with E-state index in [0.717, 1.165) is 0 Å². The van der Waals surface area contributed by atoms with Crippen molar-refractivity contribution in [2.75, 3.05) is 7.11 Å². The third kappa shape index (κ3) is 0.545. The van der Waals surface area contributed by atoms with E-state index in [1.807, 2.05) is 0 Å². The van der Waals surface area contributed by atoms with Gasteiger partial charge in [0.1, 0.15) is 0 Å². The second kappa shape index (κ2) is 1.22. The first-order valence-electron chi connectivity index (χ1n) is 2.22. The highest BCUT2D eigenvalue weighted by Gasteiger charge is 2.68. The van der Waals surface area contributed by atoms with Gasteiger partial charge in [0.15, 0.2) is 0 Å². The molecule has 8 heavy (non-hydrogen) atoms. The van der Waals surface area contributed by atoms with Crippen LogP contribution in [-0.4, -0.2) is 29.1 Å². The van der Waals surface area contributed by atoms with Gasteiger partial charge in [-0.15, -0.1) is 0 Å². The van der Waals surface area contributed by atoms with Crippen LogP contribution in [0.4, 0.5) is 0 Å². The normalized spacial score (nSPS) is 54.0. The highest BCUT2D eigenvalue weighted by atomic mass is 17.0. The third-order valence-electron chi connectivity index (χ3n) is 1.16. The van der Waals surface area contributed by atoms with E-state index in [4.69, 9.17) is 10.2 Å². The summed E-state index contributed by atoms with van der Waals surface area (Å²) in [6, 6.07) is 0. The first-order chi connectivity index (χ1) is 3.52. The van der Waals surface area contributed by atoms with Gasteiger partial charge < -0.3 is 14.9 Å². The Bertz CT molecular complexity index is 111. The van der Waals surface area contributed by atoms with E-state index in [1.54, 1.807) is 0 Å². The number of hydrogen-bond donors (Lipinski definition) is 2. The van der Waals surface area contributed by atoms with Gasteiger partial charge in [0, 0.05) is 7.11 Å². The van der Waals surface area contributed by atoms with Gasteiger partial charge in [-0.3, -0.25) is 4.74 Å². The molecule has 0 aromatic heterocycles. The Kier molecular flexibility index (Phi) is 0.908. The number of epoxide rings is 1. The van der Waals surface area contributed by atoms with Gasteiger partial charge in [-0.25, -0.2) is 0 Å². The van der Waals surface area contributed by atoms with Gasteiger partial charge in [-0.05, 0) is 6.92 Å². The minimum atomic E-state index is -1.76. The number of aliphatic hydroxyl groups is 2.